The minimum atomic E-state index is -1.67. The Kier molecular flexibility index (Phi) is 3.19. The van der Waals surface area contributed by atoms with Crippen molar-refractivity contribution in [1.29, 1.82) is 0 Å². The van der Waals surface area contributed by atoms with Gasteiger partial charge in [-0.25, -0.2) is 0 Å². The van der Waals surface area contributed by atoms with Gasteiger partial charge in [-0.3, -0.25) is 0 Å². The summed E-state index contributed by atoms with van der Waals surface area (Å²) in [6, 6.07) is -0.389. The van der Waals surface area contributed by atoms with Crippen LogP contribution in [0.25, 0.3) is 0 Å². The van der Waals surface area contributed by atoms with E-state index in [1.807, 2.05) is 0 Å². The zero-order chi connectivity index (χ0) is 12.6. The number of ether oxygens (including phenoxy) is 1. The van der Waals surface area contributed by atoms with Crippen LogP contribution in [0.1, 0.15) is 13.3 Å². The molecule has 2 heterocycles. The number of halogens is 4. The maximum Gasteiger partial charge on any atom is 0.253 e. The minimum Gasteiger partial charge on any atom is -0.376 e. The highest BCUT2D eigenvalue weighted by atomic mass is 19.2. The van der Waals surface area contributed by atoms with E-state index in [1.165, 1.54) is 0 Å². The summed E-state index contributed by atoms with van der Waals surface area (Å²) in [7, 11) is 0. The largest absolute Gasteiger partial charge is 0.376 e. The molecule has 1 N–H and O–H groups in total. The number of pyridine rings is 1. The molecule has 3 nitrogen and oxygen atoms in total. The van der Waals surface area contributed by atoms with Crippen molar-refractivity contribution < 1.29 is 22.3 Å². The normalized spacial score (nSPS) is 24.1. The number of hydrogen-bond acceptors (Lipinski definition) is 3. The van der Waals surface area contributed by atoms with Gasteiger partial charge in [0, 0.05) is 6.61 Å². The molecular weight excluding hydrogens is 240 g/mol. The van der Waals surface area contributed by atoms with Crippen molar-refractivity contribution in [3.05, 3.63) is 23.5 Å². The molecule has 1 aliphatic heterocycles. The molecule has 0 saturated carbocycles. The lowest BCUT2D eigenvalue weighted by Crippen LogP contribution is -2.28. The Balaban J connectivity index is 2.31. The summed E-state index contributed by atoms with van der Waals surface area (Å²) in [5.74, 6) is -6.39. The van der Waals surface area contributed by atoms with E-state index in [2.05, 4.69) is 10.3 Å². The van der Waals surface area contributed by atoms with Crippen LogP contribution in [0, 0.1) is 23.5 Å². The predicted octanol–water partition coefficient (Wildman–Crippen LogP) is 2.23. The Bertz CT molecular complexity index is 415. The highest BCUT2D eigenvalue weighted by molar-refractivity contribution is 5.46. The standard InChI is InChI=1S/C10H10F4N2O/c1-4-5(2-3-17-4)15-8-6(11)9(13)16-10(14)7(8)12/h4-5H,2-3H2,1H3,(H,15,16). The van der Waals surface area contributed by atoms with E-state index in [9.17, 15) is 17.6 Å². The molecule has 0 aromatic carbocycles. The molecule has 94 valence electrons. The maximum absolute atomic E-state index is 13.3. The number of hydrogen-bond donors (Lipinski definition) is 1. The lowest BCUT2D eigenvalue weighted by Gasteiger charge is -2.18. The summed E-state index contributed by atoms with van der Waals surface area (Å²) < 4.78 is 57.4. The number of nitrogens with zero attached hydrogens (tertiary/aromatic N) is 1. The zero-order valence-corrected chi connectivity index (χ0v) is 8.94. The summed E-state index contributed by atoms with van der Waals surface area (Å²) in [5, 5.41) is 2.41. The summed E-state index contributed by atoms with van der Waals surface area (Å²) in [6.45, 7) is 2.13. The van der Waals surface area contributed by atoms with Crippen LogP contribution in [-0.4, -0.2) is 23.7 Å². The van der Waals surface area contributed by atoms with Crippen LogP contribution in [0.5, 0.6) is 0 Å². The summed E-state index contributed by atoms with van der Waals surface area (Å²) in [5.41, 5.74) is -0.836. The second-order valence-electron chi connectivity index (χ2n) is 3.81. The third kappa shape index (κ3) is 2.19. The van der Waals surface area contributed by atoms with Gasteiger partial charge in [0.25, 0.3) is 11.9 Å². The lowest BCUT2D eigenvalue weighted by molar-refractivity contribution is 0.121. The molecule has 1 aromatic heterocycles. The van der Waals surface area contributed by atoms with Crippen molar-refractivity contribution in [1.82, 2.24) is 4.98 Å². The highest BCUT2D eigenvalue weighted by Crippen LogP contribution is 2.25. The fourth-order valence-corrected chi connectivity index (χ4v) is 1.72. The molecule has 1 aliphatic rings. The predicted molar refractivity (Wildman–Crippen MR) is 51.5 cm³/mol. The fraction of sp³-hybridized carbons (Fsp3) is 0.500. The number of rotatable bonds is 2. The van der Waals surface area contributed by atoms with Gasteiger partial charge in [0.1, 0.15) is 5.69 Å². The van der Waals surface area contributed by atoms with Gasteiger partial charge in [0.15, 0.2) is 0 Å². The van der Waals surface area contributed by atoms with Crippen LogP contribution in [0.15, 0.2) is 0 Å². The second kappa shape index (κ2) is 4.48. The van der Waals surface area contributed by atoms with Gasteiger partial charge < -0.3 is 10.1 Å². The van der Waals surface area contributed by atoms with Crippen molar-refractivity contribution in [2.45, 2.75) is 25.5 Å². The van der Waals surface area contributed by atoms with Crippen molar-refractivity contribution in [3.8, 4) is 0 Å². The first-order valence-corrected chi connectivity index (χ1v) is 5.09. The van der Waals surface area contributed by atoms with Crippen LogP contribution < -0.4 is 5.32 Å². The third-order valence-electron chi connectivity index (χ3n) is 2.70. The topological polar surface area (TPSA) is 34.1 Å². The molecule has 2 atom stereocenters. The molecule has 0 spiro atoms. The van der Waals surface area contributed by atoms with Crippen molar-refractivity contribution >= 4 is 5.69 Å². The van der Waals surface area contributed by atoms with Gasteiger partial charge >= 0.3 is 0 Å². The molecule has 2 unspecified atom stereocenters. The van der Waals surface area contributed by atoms with Gasteiger partial charge in [-0.1, -0.05) is 0 Å². The smallest absolute Gasteiger partial charge is 0.253 e. The molecule has 0 radical (unpaired) electrons. The lowest BCUT2D eigenvalue weighted by atomic mass is 10.1. The van der Waals surface area contributed by atoms with E-state index in [0.29, 0.717) is 13.0 Å². The molecule has 0 bridgehead atoms. The molecule has 17 heavy (non-hydrogen) atoms. The monoisotopic (exact) mass is 250 g/mol. The van der Waals surface area contributed by atoms with E-state index >= 15 is 0 Å². The zero-order valence-electron chi connectivity index (χ0n) is 8.94. The summed E-state index contributed by atoms with van der Waals surface area (Å²) in [4.78, 5) is 2.47. The Hall–Kier alpha value is -1.37. The Morgan fingerprint density at radius 1 is 1.18 bits per heavy atom. The summed E-state index contributed by atoms with van der Waals surface area (Å²) >= 11 is 0. The first kappa shape index (κ1) is 12.1. The number of aromatic nitrogens is 1. The molecule has 1 fully saturated rings. The molecule has 0 aliphatic carbocycles. The van der Waals surface area contributed by atoms with Crippen LogP contribution in [0.4, 0.5) is 23.2 Å². The Morgan fingerprint density at radius 3 is 2.24 bits per heavy atom. The van der Waals surface area contributed by atoms with Gasteiger partial charge in [-0.05, 0) is 13.3 Å². The van der Waals surface area contributed by atoms with Gasteiger partial charge in [-0.15, -0.1) is 0 Å². The molecular formula is C10H10F4N2O. The Labute approximate surface area is 94.8 Å². The highest BCUT2D eigenvalue weighted by Gasteiger charge is 2.28. The van der Waals surface area contributed by atoms with E-state index in [0.717, 1.165) is 0 Å². The quantitative estimate of drug-likeness (QED) is 0.645. The van der Waals surface area contributed by atoms with Gasteiger partial charge in [-0.2, -0.15) is 22.5 Å². The first-order chi connectivity index (χ1) is 8.00. The first-order valence-electron chi connectivity index (χ1n) is 5.09. The van der Waals surface area contributed by atoms with Crippen LogP contribution in [0.2, 0.25) is 0 Å². The molecule has 0 amide bonds. The van der Waals surface area contributed by atoms with E-state index < -0.39 is 29.2 Å². The second-order valence-corrected chi connectivity index (χ2v) is 3.81. The van der Waals surface area contributed by atoms with Gasteiger partial charge in [0.2, 0.25) is 11.6 Å². The van der Waals surface area contributed by atoms with Crippen molar-refractivity contribution in [2.75, 3.05) is 11.9 Å². The van der Waals surface area contributed by atoms with Crippen LogP contribution in [-0.2, 0) is 4.74 Å². The maximum atomic E-state index is 13.3. The Morgan fingerprint density at radius 2 is 1.76 bits per heavy atom. The van der Waals surface area contributed by atoms with E-state index in [-0.39, 0.29) is 12.1 Å². The van der Waals surface area contributed by atoms with Crippen LogP contribution >= 0.6 is 0 Å². The number of nitrogens with one attached hydrogen (secondary N) is 1. The van der Waals surface area contributed by atoms with Crippen molar-refractivity contribution in [3.63, 3.8) is 0 Å². The van der Waals surface area contributed by atoms with Crippen molar-refractivity contribution in [2.24, 2.45) is 0 Å². The van der Waals surface area contributed by atoms with Crippen LogP contribution in [0.3, 0.4) is 0 Å². The molecule has 1 saturated heterocycles. The SMILES string of the molecule is CC1OCCC1Nc1c(F)c(F)nc(F)c1F. The van der Waals surface area contributed by atoms with E-state index in [4.69, 9.17) is 4.74 Å². The average Bonchev–Trinajstić information content (AvgIpc) is 2.68. The molecule has 7 heteroatoms. The fourth-order valence-electron chi connectivity index (χ4n) is 1.72. The molecule has 1 aromatic rings. The minimum absolute atomic E-state index is 0.284. The molecule has 2 rings (SSSR count). The van der Waals surface area contributed by atoms with E-state index in [1.54, 1.807) is 6.92 Å². The van der Waals surface area contributed by atoms with Gasteiger partial charge in [0.05, 0.1) is 12.1 Å². The number of anilines is 1. The summed E-state index contributed by atoms with van der Waals surface area (Å²) in [6.07, 6.45) is 0.221. The average molecular weight is 250 g/mol. The third-order valence-corrected chi connectivity index (χ3v) is 2.70.